The molecule has 0 aliphatic heterocycles. The van der Waals surface area contributed by atoms with Crippen LogP contribution in [0.1, 0.15) is 10.4 Å². The van der Waals surface area contributed by atoms with E-state index in [4.69, 9.17) is 38.4 Å². The zero-order valence-electron chi connectivity index (χ0n) is 12.6. The number of carbonyl (C=O) groups excluding carboxylic acids is 2. The van der Waals surface area contributed by atoms with Crippen molar-refractivity contribution in [1.82, 2.24) is 0 Å². The lowest BCUT2D eigenvalue weighted by molar-refractivity contribution is -0.118. The highest BCUT2D eigenvalue weighted by Crippen LogP contribution is 2.28. The summed E-state index contributed by atoms with van der Waals surface area (Å²) < 4.78 is 10.5. The minimum atomic E-state index is -0.704. The molecule has 126 valence electrons. The minimum Gasteiger partial charge on any atom is -0.495 e. The smallest absolute Gasteiger partial charge is 0.262 e. The Labute approximate surface area is 148 Å². The number of methoxy groups -OCH3 is 1. The third kappa shape index (κ3) is 4.53. The molecule has 2 aromatic carbocycles. The first kappa shape index (κ1) is 17.9. The van der Waals surface area contributed by atoms with Crippen molar-refractivity contribution in [2.24, 2.45) is 5.73 Å². The molecule has 24 heavy (non-hydrogen) atoms. The number of hydrogen-bond acceptors (Lipinski definition) is 4. The molecular weight excluding hydrogens is 355 g/mol. The Bertz CT molecular complexity index is 781. The molecule has 0 saturated carbocycles. The van der Waals surface area contributed by atoms with E-state index < -0.39 is 11.8 Å². The van der Waals surface area contributed by atoms with Crippen molar-refractivity contribution >= 4 is 40.7 Å². The third-order valence-corrected chi connectivity index (χ3v) is 3.47. The average Bonchev–Trinajstić information content (AvgIpc) is 2.53. The molecule has 2 aromatic rings. The first-order valence-corrected chi connectivity index (χ1v) is 7.52. The lowest BCUT2D eigenvalue weighted by atomic mass is 10.2. The van der Waals surface area contributed by atoms with Gasteiger partial charge in [-0.1, -0.05) is 23.2 Å². The van der Waals surface area contributed by atoms with Crippen LogP contribution >= 0.6 is 23.2 Å². The highest BCUT2D eigenvalue weighted by Gasteiger charge is 2.13. The number of ether oxygens (including phenoxy) is 2. The standard InChI is InChI=1S/C16H14Cl2N2O4/c1-23-14-5-3-10(18)7-12(14)20-15(21)8-24-13-4-2-9(17)6-11(13)16(19)22/h2-7H,8H2,1H3,(H2,19,22)(H,20,21). The lowest BCUT2D eigenvalue weighted by Crippen LogP contribution is -2.22. The number of primary amides is 1. The summed E-state index contributed by atoms with van der Waals surface area (Å²) in [5.74, 6) is -0.539. The Hall–Kier alpha value is -2.44. The summed E-state index contributed by atoms with van der Waals surface area (Å²) >= 11 is 11.7. The van der Waals surface area contributed by atoms with Gasteiger partial charge < -0.3 is 20.5 Å². The van der Waals surface area contributed by atoms with E-state index in [1.165, 1.54) is 25.3 Å². The average molecular weight is 369 g/mol. The Balaban J connectivity index is 2.07. The molecule has 0 fully saturated rings. The van der Waals surface area contributed by atoms with Gasteiger partial charge in [-0.05, 0) is 36.4 Å². The summed E-state index contributed by atoms with van der Waals surface area (Å²) in [6.07, 6.45) is 0. The van der Waals surface area contributed by atoms with Gasteiger partial charge in [0.25, 0.3) is 11.8 Å². The van der Waals surface area contributed by atoms with Gasteiger partial charge in [0.15, 0.2) is 6.61 Å². The maximum atomic E-state index is 12.0. The van der Waals surface area contributed by atoms with Gasteiger partial charge in [0.05, 0.1) is 18.4 Å². The molecule has 3 N–H and O–H groups in total. The molecule has 0 aliphatic carbocycles. The van der Waals surface area contributed by atoms with Crippen LogP contribution in [0.15, 0.2) is 36.4 Å². The summed E-state index contributed by atoms with van der Waals surface area (Å²) in [7, 11) is 1.47. The number of hydrogen-bond donors (Lipinski definition) is 2. The van der Waals surface area contributed by atoms with Crippen molar-refractivity contribution in [3.63, 3.8) is 0 Å². The van der Waals surface area contributed by atoms with E-state index in [9.17, 15) is 9.59 Å². The Kier molecular flexibility index (Phi) is 5.89. The fraction of sp³-hybridized carbons (Fsp3) is 0.125. The molecule has 2 amide bonds. The third-order valence-electron chi connectivity index (χ3n) is 3.00. The van der Waals surface area contributed by atoms with E-state index in [1.54, 1.807) is 18.2 Å². The van der Waals surface area contributed by atoms with Crippen molar-refractivity contribution in [2.45, 2.75) is 0 Å². The second kappa shape index (κ2) is 7.90. The van der Waals surface area contributed by atoms with Gasteiger partial charge in [0.1, 0.15) is 11.5 Å². The highest BCUT2D eigenvalue weighted by atomic mass is 35.5. The number of anilines is 1. The number of amides is 2. The van der Waals surface area contributed by atoms with Crippen molar-refractivity contribution in [2.75, 3.05) is 19.0 Å². The van der Waals surface area contributed by atoms with Crippen LogP contribution < -0.4 is 20.5 Å². The first-order chi connectivity index (χ1) is 11.4. The summed E-state index contributed by atoms with van der Waals surface area (Å²) in [4.78, 5) is 23.4. The van der Waals surface area contributed by atoms with Crippen molar-refractivity contribution in [3.8, 4) is 11.5 Å². The Morgan fingerprint density at radius 3 is 2.33 bits per heavy atom. The number of nitrogens with one attached hydrogen (secondary N) is 1. The molecule has 0 spiro atoms. The second-order valence-electron chi connectivity index (χ2n) is 4.69. The maximum absolute atomic E-state index is 12.0. The van der Waals surface area contributed by atoms with Gasteiger partial charge in [-0.15, -0.1) is 0 Å². The fourth-order valence-corrected chi connectivity index (χ4v) is 2.27. The predicted molar refractivity (Wildman–Crippen MR) is 92.1 cm³/mol. The topological polar surface area (TPSA) is 90.7 Å². The number of rotatable bonds is 6. The summed E-state index contributed by atoms with van der Waals surface area (Å²) in [5.41, 5.74) is 5.76. The summed E-state index contributed by atoms with van der Waals surface area (Å²) in [5, 5.41) is 3.40. The van der Waals surface area contributed by atoms with E-state index in [0.29, 0.717) is 21.5 Å². The van der Waals surface area contributed by atoms with E-state index in [2.05, 4.69) is 5.32 Å². The number of benzene rings is 2. The molecule has 6 nitrogen and oxygen atoms in total. The number of carbonyl (C=O) groups is 2. The van der Waals surface area contributed by atoms with Crippen LogP contribution in [0, 0.1) is 0 Å². The molecule has 0 heterocycles. The molecular formula is C16H14Cl2N2O4. The molecule has 0 unspecified atom stereocenters. The molecule has 8 heteroatoms. The Morgan fingerprint density at radius 1 is 1.08 bits per heavy atom. The maximum Gasteiger partial charge on any atom is 0.262 e. The van der Waals surface area contributed by atoms with Gasteiger partial charge in [-0.2, -0.15) is 0 Å². The monoisotopic (exact) mass is 368 g/mol. The van der Waals surface area contributed by atoms with Crippen LogP contribution in [0.4, 0.5) is 5.69 Å². The van der Waals surface area contributed by atoms with Gasteiger partial charge in [0, 0.05) is 10.0 Å². The Morgan fingerprint density at radius 2 is 1.71 bits per heavy atom. The molecule has 0 aromatic heterocycles. The largest absolute Gasteiger partial charge is 0.495 e. The van der Waals surface area contributed by atoms with E-state index >= 15 is 0 Å². The minimum absolute atomic E-state index is 0.0932. The fourth-order valence-electron chi connectivity index (χ4n) is 1.93. The van der Waals surface area contributed by atoms with E-state index in [0.717, 1.165) is 0 Å². The molecule has 0 radical (unpaired) electrons. The van der Waals surface area contributed by atoms with Gasteiger partial charge in [-0.25, -0.2) is 0 Å². The van der Waals surface area contributed by atoms with Crippen LogP contribution in [-0.2, 0) is 4.79 Å². The number of halogens is 2. The molecule has 0 bridgehead atoms. The van der Waals surface area contributed by atoms with E-state index in [-0.39, 0.29) is 17.9 Å². The van der Waals surface area contributed by atoms with Crippen molar-refractivity contribution < 1.29 is 19.1 Å². The normalized spacial score (nSPS) is 10.1. The summed E-state index contributed by atoms with van der Waals surface area (Å²) in [6.45, 7) is -0.336. The van der Waals surface area contributed by atoms with Crippen LogP contribution in [0.5, 0.6) is 11.5 Å². The molecule has 0 saturated heterocycles. The second-order valence-corrected chi connectivity index (χ2v) is 5.56. The van der Waals surface area contributed by atoms with Crippen LogP contribution in [0.25, 0.3) is 0 Å². The van der Waals surface area contributed by atoms with Crippen LogP contribution in [-0.4, -0.2) is 25.5 Å². The SMILES string of the molecule is COc1ccc(Cl)cc1NC(=O)COc1ccc(Cl)cc1C(N)=O. The molecule has 0 atom stereocenters. The van der Waals surface area contributed by atoms with Crippen molar-refractivity contribution in [1.29, 1.82) is 0 Å². The summed E-state index contributed by atoms with van der Waals surface area (Å²) in [6, 6.07) is 9.19. The first-order valence-electron chi connectivity index (χ1n) is 6.76. The molecule has 0 aliphatic rings. The van der Waals surface area contributed by atoms with Gasteiger partial charge >= 0.3 is 0 Å². The van der Waals surface area contributed by atoms with Gasteiger partial charge in [-0.3, -0.25) is 9.59 Å². The molecule has 2 rings (SSSR count). The number of nitrogens with two attached hydrogens (primary N) is 1. The van der Waals surface area contributed by atoms with Crippen molar-refractivity contribution in [3.05, 3.63) is 52.0 Å². The predicted octanol–water partition coefficient (Wildman–Crippen LogP) is 3.12. The zero-order chi connectivity index (χ0) is 17.7. The van der Waals surface area contributed by atoms with Gasteiger partial charge in [0.2, 0.25) is 0 Å². The van der Waals surface area contributed by atoms with Crippen LogP contribution in [0.2, 0.25) is 10.0 Å². The zero-order valence-corrected chi connectivity index (χ0v) is 14.1. The van der Waals surface area contributed by atoms with Crippen LogP contribution in [0.3, 0.4) is 0 Å². The highest BCUT2D eigenvalue weighted by molar-refractivity contribution is 6.31. The van der Waals surface area contributed by atoms with E-state index in [1.807, 2.05) is 0 Å². The quantitative estimate of drug-likeness (QED) is 0.819. The lowest BCUT2D eigenvalue weighted by Gasteiger charge is -2.12.